The smallest absolute Gasteiger partial charge is 0.223 e. The zero-order valence-electron chi connectivity index (χ0n) is 13.6. The molecule has 2 fully saturated rings. The molecule has 23 heavy (non-hydrogen) atoms. The molecular weight excluding hydrogens is 296 g/mol. The molecule has 1 aliphatic carbocycles. The fourth-order valence-electron chi connectivity index (χ4n) is 2.70. The average Bonchev–Trinajstić information content (AvgIpc) is 2.50. The lowest BCUT2D eigenvalue weighted by Crippen LogP contribution is -2.37. The number of carbonyl (C=O) groups excluding carboxylic acids is 1. The molecule has 2 heterocycles. The van der Waals surface area contributed by atoms with Gasteiger partial charge in [-0.1, -0.05) is 6.42 Å². The second-order valence-electron chi connectivity index (χ2n) is 5.98. The SMILES string of the molecule is Cc1nc(OCCNC(=O)C2CCC2)cc(N2CCOCC2)n1. The summed E-state index contributed by atoms with van der Waals surface area (Å²) in [4.78, 5) is 22.7. The van der Waals surface area contributed by atoms with Crippen LogP contribution in [0.4, 0.5) is 5.82 Å². The van der Waals surface area contributed by atoms with Gasteiger partial charge in [0.05, 0.1) is 19.8 Å². The van der Waals surface area contributed by atoms with Crippen molar-refractivity contribution in [3.8, 4) is 5.88 Å². The van der Waals surface area contributed by atoms with Crippen LogP contribution in [-0.4, -0.2) is 55.3 Å². The predicted molar refractivity (Wildman–Crippen MR) is 85.6 cm³/mol. The fourth-order valence-corrected chi connectivity index (χ4v) is 2.70. The summed E-state index contributed by atoms with van der Waals surface area (Å²) in [6.07, 6.45) is 3.19. The largest absolute Gasteiger partial charge is 0.476 e. The number of rotatable bonds is 6. The highest BCUT2D eigenvalue weighted by molar-refractivity contribution is 5.79. The Morgan fingerprint density at radius 3 is 2.87 bits per heavy atom. The van der Waals surface area contributed by atoms with Gasteiger partial charge in [0.1, 0.15) is 18.2 Å². The molecule has 7 nitrogen and oxygen atoms in total. The van der Waals surface area contributed by atoms with Gasteiger partial charge < -0.3 is 19.7 Å². The molecule has 0 radical (unpaired) electrons. The molecule has 1 amide bonds. The van der Waals surface area contributed by atoms with E-state index in [9.17, 15) is 4.79 Å². The van der Waals surface area contributed by atoms with Crippen LogP contribution >= 0.6 is 0 Å². The van der Waals surface area contributed by atoms with Crippen LogP contribution in [0.25, 0.3) is 0 Å². The average molecular weight is 320 g/mol. The Kier molecular flexibility index (Phi) is 5.27. The number of nitrogens with one attached hydrogen (secondary N) is 1. The molecule has 1 saturated heterocycles. The molecule has 1 aromatic heterocycles. The Morgan fingerprint density at radius 2 is 2.17 bits per heavy atom. The quantitative estimate of drug-likeness (QED) is 0.786. The number of anilines is 1. The number of aryl methyl sites for hydroxylation is 1. The van der Waals surface area contributed by atoms with Gasteiger partial charge >= 0.3 is 0 Å². The van der Waals surface area contributed by atoms with E-state index in [-0.39, 0.29) is 11.8 Å². The Labute approximate surface area is 136 Å². The molecule has 2 aliphatic rings. The summed E-state index contributed by atoms with van der Waals surface area (Å²) in [5.74, 6) is 2.46. The summed E-state index contributed by atoms with van der Waals surface area (Å²) in [7, 11) is 0. The highest BCUT2D eigenvalue weighted by atomic mass is 16.5. The van der Waals surface area contributed by atoms with E-state index in [1.54, 1.807) is 0 Å². The van der Waals surface area contributed by atoms with Gasteiger partial charge in [0, 0.05) is 25.1 Å². The standard InChI is InChI=1S/C16H24N4O3/c1-12-18-14(20-6-9-22-10-7-20)11-15(19-12)23-8-5-17-16(21)13-3-2-4-13/h11,13H,2-10H2,1H3,(H,17,21). The van der Waals surface area contributed by atoms with Gasteiger partial charge in [-0.05, 0) is 19.8 Å². The molecule has 0 aromatic carbocycles. The first-order chi connectivity index (χ1) is 11.2. The van der Waals surface area contributed by atoms with Gasteiger partial charge in [0.15, 0.2) is 0 Å². The number of hydrogen-bond donors (Lipinski definition) is 1. The molecular formula is C16H24N4O3. The molecule has 1 saturated carbocycles. The molecule has 3 rings (SSSR count). The predicted octanol–water partition coefficient (Wildman–Crippen LogP) is 0.917. The lowest BCUT2D eigenvalue weighted by molar-refractivity contribution is -0.127. The van der Waals surface area contributed by atoms with Crippen LogP contribution in [0.1, 0.15) is 25.1 Å². The molecule has 1 aliphatic heterocycles. The fraction of sp³-hybridized carbons (Fsp3) is 0.688. The van der Waals surface area contributed by atoms with Crippen molar-refractivity contribution < 1.29 is 14.3 Å². The van der Waals surface area contributed by atoms with E-state index in [4.69, 9.17) is 9.47 Å². The summed E-state index contributed by atoms with van der Waals surface area (Å²) in [6.45, 7) is 5.86. The first-order valence-corrected chi connectivity index (χ1v) is 8.31. The third kappa shape index (κ3) is 4.31. The van der Waals surface area contributed by atoms with Crippen molar-refractivity contribution in [2.75, 3.05) is 44.4 Å². The van der Waals surface area contributed by atoms with Gasteiger partial charge in [-0.25, -0.2) is 4.98 Å². The summed E-state index contributed by atoms with van der Waals surface area (Å²) < 4.78 is 11.0. The van der Waals surface area contributed by atoms with E-state index in [1.165, 1.54) is 6.42 Å². The minimum atomic E-state index is 0.146. The maximum atomic E-state index is 11.7. The van der Waals surface area contributed by atoms with Crippen molar-refractivity contribution >= 4 is 11.7 Å². The minimum absolute atomic E-state index is 0.146. The molecule has 1 aromatic rings. The minimum Gasteiger partial charge on any atom is -0.476 e. The number of nitrogens with zero attached hydrogens (tertiary/aromatic N) is 3. The van der Waals surface area contributed by atoms with E-state index < -0.39 is 0 Å². The first-order valence-electron chi connectivity index (χ1n) is 8.31. The highest BCUT2D eigenvalue weighted by Gasteiger charge is 2.24. The van der Waals surface area contributed by atoms with Crippen LogP contribution in [0.2, 0.25) is 0 Å². The van der Waals surface area contributed by atoms with Crippen molar-refractivity contribution in [1.29, 1.82) is 0 Å². The molecule has 0 bridgehead atoms. The second-order valence-corrected chi connectivity index (χ2v) is 5.98. The van der Waals surface area contributed by atoms with Crippen LogP contribution in [-0.2, 0) is 9.53 Å². The first kappa shape index (κ1) is 16.0. The van der Waals surface area contributed by atoms with Crippen molar-refractivity contribution in [3.05, 3.63) is 11.9 Å². The van der Waals surface area contributed by atoms with Crippen molar-refractivity contribution in [2.45, 2.75) is 26.2 Å². The second kappa shape index (κ2) is 7.59. The summed E-state index contributed by atoms with van der Waals surface area (Å²) in [5.41, 5.74) is 0. The Balaban J connectivity index is 1.48. The maximum absolute atomic E-state index is 11.7. The van der Waals surface area contributed by atoms with Crippen LogP contribution in [0.5, 0.6) is 5.88 Å². The topological polar surface area (TPSA) is 76.6 Å². The zero-order chi connectivity index (χ0) is 16.1. The number of amides is 1. The maximum Gasteiger partial charge on any atom is 0.223 e. The third-order valence-corrected chi connectivity index (χ3v) is 4.26. The summed E-state index contributed by atoms with van der Waals surface area (Å²) in [6, 6.07) is 1.85. The lowest BCUT2D eigenvalue weighted by atomic mass is 9.85. The molecule has 0 atom stereocenters. The number of morpholine rings is 1. The van der Waals surface area contributed by atoms with Crippen LogP contribution in [0, 0.1) is 12.8 Å². The van der Waals surface area contributed by atoms with Gasteiger partial charge in [0.25, 0.3) is 0 Å². The van der Waals surface area contributed by atoms with Crippen LogP contribution < -0.4 is 15.0 Å². The lowest BCUT2D eigenvalue weighted by Gasteiger charge is -2.28. The number of aromatic nitrogens is 2. The van der Waals surface area contributed by atoms with Gasteiger partial charge in [-0.3, -0.25) is 4.79 Å². The van der Waals surface area contributed by atoms with Gasteiger partial charge in [-0.15, -0.1) is 0 Å². The van der Waals surface area contributed by atoms with Gasteiger partial charge in [-0.2, -0.15) is 4.98 Å². The molecule has 1 N–H and O–H groups in total. The van der Waals surface area contributed by atoms with E-state index in [1.807, 2.05) is 13.0 Å². The normalized spacial score (nSPS) is 18.4. The molecule has 126 valence electrons. The monoisotopic (exact) mass is 320 g/mol. The number of ether oxygens (including phenoxy) is 2. The summed E-state index contributed by atoms with van der Waals surface area (Å²) >= 11 is 0. The van der Waals surface area contributed by atoms with Crippen LogP contribution in [0.15, 0.2) is 6.07 Å². The highest BCUT2D eigenvalue weighted by Crippen LogP contribution is 2.26. The third-order valence-electron chi connectivity index (χ3n) is 4.26. The molecule has 7 heteroatoms. The zero-order valence-corrected chi connectivity index (χ0v) is 13.6. The Hall–Kier alpha value is -1.89. The number of carbonyl (C=O) groups is 1. The number of hydrogen-bond acceptors (Lipinski definition) is 6. The van der Waals surface area contributed by atoms with Gasteiger partial charge in [0.2, 0.25) is 11.8 Å². The van der Waals surface area contributed by atoms with Crippen molar-refractivity contribution in [3.63, 3.8) is 0 Å². The van der Waals surface area contributed by atoms with Crippen molar-refractivity contribution in [1.82, 2.24) is 15.3 Å². The molecule has 0 unspecified atom stereocenters. The Morgan fingerprint density at radius 1 is 1.39 bits per heavy atom. The Bertz CT molecular complexity index is 542. The van der Waals surface area contributed by atoms with E-state index in [0.717, 1.165) is 31.7 Å². The van der Waals surface area contributed by atoms with Crippen LogP contribution in [0.3, 0.4) is 0 Å². The molecule has 0 spiro atoms. The van der Waals surface area contributed by atoms with E-state index >= 15 is 0 Å². The van der Waals surface area contributed by atoms with E-state index in [2.05, 4.69) is 20.2 Å². The summed E-state index contributed by atoms with van der Waals surface area (Å²) in [5, 5.41) is 2.91. The van der Waals surface area contributed by atoms with Crippen molar-refractivity contribution in [2.24, 2.45) is 5.92 Å². The van der Waals surface area contributed by atoms with E-state index in [0.29, 0.717) is 38.1 Å².